The maximum Gasteiger partial charge on any atom is 0.312 e. The van der Waals surface area contributed by atoms with Crippen molar-refractivity contribution in [2.45, 2.75) is 62.7 Å². The summed E-state index contributed by atoms with van der Waals surface area (Å²) in [4.78, 5) is 47.6. The van der Waals surface area contributed by atoms with E-state index in [2.05, 4.69) is 4.90 Å². The molecule has 0 aromatic rings. The molecule has 1 unspecified atom stereocenters. The van der Waals surface area contributed by atoms with Crippen LogP contribution in [0.1, 0.15) is 44.9 Å². The molecule has 0 bridgehead atoms. The van der Waals surface area contributed by atoms with Crippen LogP contribution in [0.5, 0.6) is 0 Å². The lowest BCUT2D eigenvalue weighted by Crippen LogP contribution is -2.56. The molecule has 2 amide bonds. The van der Waals surface area contributed by atoms with Crippen LogP contribution in [0, 0.1) is 11.8 Å². The van der Waals surface area contributed by atoms with Crippen molar-refractivity contribution in [2.75, 3.05) is 65.7 Å². The Balaban J connectivity index is 1.43. The third-order valence-electron chi connectivity index (χ3n) is 8.78. The number of amides is 2. The normalized spacial score (nSPS) is 34.3. The Hall–Kier alpha value is -2.27. The van der Waals surface area contributed by atoms with E-state index in [1.54, 1.807) is 4.90 Å². The third kappa shape index (κ3) is 5.80. The largest absolute Gasteiger partial charge is 0.465 e. The number of carbonyl (C=O) groups excluding carboxylic acids is 3. The van der Waals surface area contributed by atoms with Gasteiger partial charge in [0.05, 0.1) is 31.8 Å². The molecule has 39 heavy (non-hydrogen) atoms. The Bertz CT molecular complexity index is 949. The number of cyclic esters (lactones) is 1. The zero-order chi connectivity index (χ0) is 27.2. The summed E-state index contributed by atoms with van der Waals surface area (Å²) < 4.78 is 17.8. The minimum absolute atomic E-state index is 0.125. The molecule has 0 aliphatic carbocycles. The second-order valence-corrected chi connectivity index (χ2v) is 11.2. The predicted octanol–water partition coefficient (Wildman–Crippen LogP) is 1.13. The average molecular weight is 546 g/mol. The molecular weight excluding hydrogens is 502 g/mol. The molecule has 5 heterocycles. The highest BCUT2D eigenvalue weighted by atomic mass is 16.6. The van der Waals surface area contributed by atoms with E-state index >= 15 is 0 Å². The van der Waals surface area contributed by atoms with Gasteiger partial charge in [0.25, 0.3) is 0 Å². The molecular formula is C29H43N3O7. The summed E-state index contributed by atoms with van der Waals surface area (Å²) in [6.07, 6.45) is 12.8. The van der Waals surface area contributed by atoms with Gasteiger partial charge in [-0.05, 0) is 32.1 Å². The zero-order valence-corrected chi connectivity index (χ0v) is 22.9. The number of fused-ring (bicyclic) bond motifs is 2. The van der Waals surface area contributed by atoms with E-state index in [4.69, 9.17) is 19.3 Å². The molecule has 216 valence electrons. The number of esters is 1. The Labute approximate surface area is 230 Å². The molecule has 10 nitrogen and oxygen atoms in total. The van der Waals surface area contributed by atoms with Gasteiger partial charge in [0.1, 0.15) is 17.6 Å². The summed E-state index contributed by atoms with van der Waals surface area (Å²) in [6.45, 7) is 5.67. The molecule has 3 saturated heterocycles. The quantitative estimate of drug-likeness (QED) is 0.261. The van der Waals surface area contributed by atoms with Gasteiger partial charge in [0.15, 0.2) is 0 Å². The van der Waals surface area contributed by atoms with Crippen LogP contribution in [0.25, 0.3) is 0 Å². The lowest BCUT2D eigenvalue weighted by Gasteiger charge is -2.36. The van der Waals surface area contributed by atoms with Crippen molar-refractivity contribution in [3.05, 3.63) is 24.3 Å². The van der Waals surface area contributed by atoms with Crippen LogP contribution in [-0.4, -0.2) is 121 Å². The fraction of sp³-hybridized carbons (Fsp3) is 0.759. The van der Waals surface area contributed by atoms with E-state index < -0.39 is 35.6 Å². The summed E-state index contributed by atoms with van der Waals surface area (Å²) in [7, 11) is 0. The molecule has 5 aliphatic heterocycles. The second-order valence-electron chi connectivity index (χ2n) is 11.2. The number of aliphatic hydroxyl groups excluding tert-OH is 1. The molecule has 0 aromatic heterocycles. The van der Waals surface area contributed by atoms with Crippen molar-refractivity contribution >= 4 is 17.8 Å². The van der Waals surface area contributed by atoms with Gasteiger partial charge in [0.2, 0.25) is 11.8 Å². The molecule has 0 saturated carbocycles. The number of hydrogen-bond donors (Lipinski definition) is 1. The topological polar surface area (TPSA) is 109 Å². The maximum absolute atomic E-state index is 14.3. The number of hydrogen-bond acceptors (Lipinski definition) is 8. The van der Waals surface area contributed by atoms with Crippen molar-refractivity contribution in [1.82, 2.24) is 14.7 Å². The van der Waals surface area contributed by atoms with E-state index in [0.717, 1.165) is 51.7 Å². The highest BCUT2D eigenvalue weighted by Gasteiger charge is 2.71. The van der Waals surface area contributed by atoms with Crippen LogP contribution in [-0.2, 0) is 28.6 Å². The molecule has 3 fully saturated rings. The molecule has 5 aliphatic rings. The Kier molecular flexibility index (Phi) is 9.37. The smallest absolute Gasteiger partial charge is 0.312 e. The van der Waals surface area contributed by atoms with Crippen molar-refractivity contribution in [3.63, 3.8) is 0 Å². The van der Waals surface area contributed by atoms with Gasteiger partial charge >= 0.3 is 5.97 Å². The number of aliphatic hydroxyl groups is 1. The molecule has 0 radical (unpaired) electrons. The van der Waals surface area contributed by atoms with E-state index in [0.29, 0.717) is 52.3 Å². The maximum atomic E-state index is 14.3. The Morgan fingerprint density at radius 3 is 2.56 bits per heavy atom. The van der Waals surface area contributed by atoms with E-state index in [-0.39, 0.29) is 18.4 Å². The van der Waals surface area contributed by atoms with Gasteiger partial charge < -0.3 is 29.1 Å². The number of likely N-dealkylation sites (tertiary alicyclic amines) is 1. The van der Waals surface area contributed by atoms with Gasteiger partial charge in [-0.2, -0.15) is 0 Å². The van der Waals surface area contributed by atoms with Gasteiger partial charge in [-0.1, -0.05) is 37.1 Å². The lowest BCUT2D eigenvalue weighted by atomic mass is 9.78. The summed E-state index contributed by atoms with van der Waals surface area (Å²) >= 11 is 0. The number of rotatable bonds is 9. The Morgan fingerprint density at radius 1 is 0.923 bits per heavy atom. The number of nitrogens with zero attached hydrogens (tertiary/aromatic N) is 3. The fourth-order valence-corrected chi connectivity index (χ4v) is 6.74. The lowest BCUT2D eigenvalue weighted by molar-refractivity contribution is -0.155. The van der Waals surface area contributed by atoms with Crippen molar-refractivity contribution in [3.8, 4) is 0 Å². The summed E-state index contributed by atoms with van der Waals surface area (Å²) in [5, 5.41) is 9.14. The fourth-order valence-electron chi connectivity index (χ4n) is 6.74. The monoisotopic (exact) mass is 545 g/mol. The van der Waals surface area contributed by atoms with Gasteiger partial charge in [-0.15, -0.1) is 0 Å². The molecule has 1 spiro atoms. The van der Waals surface area contributed by atoms with Crippen molar-refractivity contribution in [1.29, 1.82) is 0 Å². The number of morpholine rings is 1. The highest BCUT2D eigenvalue weighted by Crippen LogP contribution is 2.53. The van der Waals surface area contributed by atoms with Crippen LogP contribution < -0.4 is 0 Å². The van der Waals surface area contributed by atoms with Gasteiger partial charge in [-0.25, -0.2) is 0 Å². The number of ether oxygens (including phenoxy) is 3. The number of carbonyl (C=O) groups is 3. The summed E-state index contributed by atoms with van der Waals surface area (Å²) in [6, 6.07) is -0.824. The third-order valence-corrected chi connectivity index (χ3v) is 8.78. The van der Waals surface area contributed by atoms with Crippen LogP contribution in [0.15, 0.2) is 24.3 Å². The van der Waals surface area contributed by atoms with Crippen LogP contribution >= 0.6 is 0 Å². The first-order valence-corrected chi connectivity index (χ1v) is 14.8. The molecule has 5 atom stereocenters. The van der Waals surface area contributed by atoms with Crippen molar-refractivity contribution in [2.24, 2.45) is 11.8 Å². The Morgan fingerprint density at radius 2 is 1.74 bits per heavy atom. The van der Waals surface area contributed by atoms with E-state index in [1.165, 1.54) is 0 Å². The molecule has 5 rings (SSSR count). The van der Waals surface area contributed by atoms with Crippen LogP contribution in [0.2, 0.25) is 0 Å². The predicted molar refractivity (Wildman–Crippen MR) is 143 cm³/mol. The standard InChI is InChI=1S/C29H43N3O7/c33-18-7-3-2-6-13-32-25-27(35)31(15-14-30-16-20-37-21-17-30)12-9-11-29(25)24(26(32)34)23-22(39-29)10-5-1-4-8-19-38-28(23)36/h5,9-11,22-25,33H,1-4,6-8,12-21H2/b10-5-/t22-,23+,24+,25?,29+/m1/s1. The minimum Gasteiger partial charge on any atom is -0.465 e. The first kappa shape index (κ1) is 28.3. The first-order valence-electron chi connectivity index (χ1n) is 14.8. The van der Waals surface area contributed by atoms with E-state index in [1.807, 2.05) is 29.2 Å². The zero-order valence-electron chi connectivity index (χ0n) is 22.9. The van der Waals surface area contributed by atoms with Crippen molar-refractivity contribution < 1.29 is 33.7 Å². The molecule has 10 heteroatoms. The van der Waals surface area contributed by atoms with Crippen LogP contribution in [0.4, 0.5) is 0 Å². The number of unbranched alkanes of at least 4 members (excludes halogenated alkanes) is 3. The van der Waals surface area contributed by atoms with Crippen LogP contribution in [0.3, 0.4) is 0 Å². The molecule has 0 aromatic carbocycles. The summed E-state index contributed by atoms with van der Waals surface area (Å²) in [5.41, 5.74) is -1.21. The molecule has 1 N–H and O–H groups in total. The average Bonchev–Trinajstić information content (AvgIpc) is 3.33. The first-order chi connectivity index (χ1) is 19.1. The van der Waals surface area contributed by atoms with E-state index in [9.17, 15) is 14.4 Å². The van der Waals surface area contributed by atoms with Gasteiger partial charge in [-0.3, -0.25) is 19.3 Å². The SMILES string of the molecule is O=C1OCCCC/C=C\[C@H]2O[C@]34C=CCN(CCN5CCOCC5)C(=O)C3N(CCCCCCO)C(=O)[C@@H]4[C@@H]12. The minimum atomic E-state index is -1.21. The highest BCUT2D eigenvalue weighted by molar-refractivity contribution is 5.99. The summed E-state index contributed by atoms with van der Waals surface area (Å²) in [5.74, 6) is -2.34. The van der Waals surface area contributed by atoms with Gasteiger partial charge in [0, 0.05) is 45.9 Å². The second kappa shape index (κ2) is 12.9. The number of allylic oxidation sites excluding steroid dienone is 1.